The summed E-state index contributed by atoms with van der Waals surface area (Å²) in [5.41, 5.74) is 1.18. The van der Waals surface area contributed by atoms with E-state index in [-0.39, 0.29) is 22.9 Å². The van der Waals surface area contributed by atoms with Crippen LogP contribution in [0.25, 0.3) is 5.69 Å². The molecule has 25 heavy (non-hydrogen) atoms. The highest BCUT2D eigenvalue weighted by atomic mass is 16.6. The van der Waals surface area contributed by atoms with Crippen molar-refractivity contribution in [2.24, 2.45) is 0 Å². The second kappa shape index (κ2) is 6.40. The number of aryl methyl sites for hydroxylation is 1. The predicted octanol–water partition coefficient (Wildman–Crippen LogP) is 3.74. The van der Waals surface area contributed by atoms with Crippen molar-refractivity contribution in [2.75, 3.05) is 5.32 Å². The van der Waals surface area contributed by atoms with Crippen molar-refractivity contribution in [1.82, 2.24) is 9.78 Å². The number of non-ortho nitro benzene ring substituents is 1. The smallest absolute Gasteiger partial charge is 0.334 e. The van der Waals surface area contributed by atoms with E-state index in [1.165, 1.54) is 28.9 Å². The van der Waals surface area contributed by atoms with Gasteiger partial charge in [0, 0.05) is 17.8 Å². The summed E-state index contributed by atoms with van der Waals surface area (Å²) >= 11 is 0. The largest absolute Gasteiger partial charge is 0.334 e. The van der Waals surface area contributed by atoms with Crippen LogP contribution in [0.1, 0.15) is 5.69 Å². The molecule has 0 saturated heterocycles. The number of hydrogen-bond donors (Lipinski definition) is 1. The molecular formula is C16H13N5O4. The van der Waals surface area contributed by atoms with Gasteiger partial charge in [0.1, 0.15) is 5.69 Å². The van der Waals surface area contributed by atoms with E-state index >= 15 is 0 Å². The lowest BCUT2D eigenvalue weighted by Gasteiger charge is -2.09. The summed E-state index contributed by atoms with van der Waals surface area (Å²) in [6.07, 6.45) is 0. The van der Waals surface area contributed by atoms with E-state index in [9.17, 15) is 20.2 Å². The van der Waals surface area contributed by atoms with Gasteiger partial charge in [0.2, 0.25) is 5.82 Å². The summed E-state index contributed by atoms with van der Waals surface area (Å²) in [5, 5.41) is 29.4. The van der Waals surface area contributed by atoms with E-state index in [1.807, 2.05) is 6.07 Å². The first-order valence-corrected chi connectivity index (χ1v) is 7.28. The third-order valence-corrected chi connectivity index (χ3v) is 3.55. The molecule has 9 heteroatoms. The van der Waals surface area contributed by atoms with Crippen LogP contribution in [0, 0.1) is 27.2 Å². The first kappa shape index (κ1) is 16.1. The molecule has 0 aliphatic heterocycles. The minimum atomic E-state index is -0.509. The second-order valence-corrected chi connectivity index (χ2v) is 5.22. The van der Waals surface area contributed by atoms with Gasteiger partial charge in [-0.05, 0) is 31.2 Å². The first-order chi connectivity index (χ1) is 12.0. The number of para-hydroxylation sites is 1. The summed E-state index contributed by atoms with van der Waals surface area (Å²) in [6.45, 7) is 1.55. The predicted molar refractivity (Wildman–Crippen MR) is 91.3 cm³/mol. The molecule has 0 bridgehead atoms. The summed E-state index contributed by atoms with van der Waals surface area (Å²) in [4.78, 5) is 21.2. The molecule has 0 atom stereocenters. The first-order valence-electron chi connectivity index (χ1n) is 7.28. The van der Waals surface area contributed by atoms with E-state index < -0.39 is 9.85 Å². The molecule has 126 valence electrons. The van der Waals surface area contributed by atoms with Gasteiger partial charge in [0.05, 0.1) is 15.5 Å². The fourth-order valence-corrected chi connectivity index (χ4v) is 2.41. The van der Waals surface area contributed by atoms with Crippen molar-refractivity contribution in [3.8, 4) is 5.69 Å². The molecule has 2 aromatic carbocycles. The van der Waals surface area contributed by atoms with Crippen LogP contribution in [0.2, 0.25) is 0 Å². The lowest BCUT2D eigenvalue weighted by Crippen LogP contribution is -2.04. The lowest BCUT2D eigenvalue weighted by atomic mass is 10.2. The molecule has 0 saturated carbocycles. The molecule has 0 unspecified atom stereocenters. The highest BCUT2D eigenvalue weighted by Crippen LogP contribution is 2.33. The number of anilines is 2. The fraction of sp³-hybridized carbons (Fsp3) is 0.0625. The standard InChI is InChI=1S/C16H13N5O4/c1-11-15(21(24)25)16(19(18-11)13-5-3-2-4-6-13)17-12-7-9-14(10-8-12)20(22)23/h2-10,17H,1H3. The van der Waals surface area contributed by atoms with Crippen molar-refractivity contribution in [3.63, 3.8) is 0 Å². The molecule has 9 nitrogen and oxygen atoms in total. The van der Waals surface area contributed by atoms with Crippen molar-refractivity contribution >= 4 is 22.9 Å². The van der Waals surface area contributed by atoms with Crippen molar-refractivity contribution in [3.05, 3.63) is 80.5 Å². The number of benzene rings is 2. The lowest BCUT2D eigenvalue weighted by molar-refractivity contribution is -0.384. The van der Waals surface area contributed by atoms with Crippen LogP contribution in [0.4, 0.5) is 22.9 Å². The Labute approximate surface area is 141 Å². The van der Waals surface area contributed by atoms with Crippen LogP contribution in [0.15, 0.2) is 54.6 Å². The Morgan fingerprint density at radius 2 is 1.60 bits per heavy atom. The van der Waals surface area contributed by atoms with Gasteiger partial charge in [0.15, 0.2) is 0 Å². The maximum Gasteiger partial charge on any atom is 0.334 e. The number of rotatable bonds is 5. The molecule has 3 rings (SSSR count). The van der Waals surface area contributed by atoms with E-state index in [0.29, 0.717) is 11.4 Å². The highest BCUT2D eigenvalue weighted by molar-refractivity contribution is 5.70. The summed E-state index contributed by atoms with van der Waals surface area (Å²) in [7, 11) is 0. The van der Waals surface area contributed by atoms with Crippen molar-refractivity contribution in [1.29, 1.82) is 0 Å². The minimum absolute atomic E-state index is 0.0622. The van der Waals surface area contributed by atoms with Crippen LogP contribution >= 0.6 is 0 Å². The Bertz CT molecular complexity index is 935. The molecule has 0 spiro atoms. The Balaban J connectivity index is 2.07. The number of nitro benzene ring substituents is 1. The third-order valence-electron chi connectivity index (χ3n) is 3.55. The Hall–Kier alpha value is -3.75. The molecule has 1 N–H and O–H groups in total. The van der Waals surface area contributed by atoms with Gasteiger partial charge in [0.25, 0.3) is 5.69 Å². The average Bonchev–Trinajstić information content (AvgIpc) is 2.92. The number of aromatic nitrogens is 2. The van der Waals surface area contributed by atoms with Gasteiger partial charge in [-0.1, -0.05) is 18.2 Å². The topological polar surface area (TPSA) is 116 Å². The summed E-state index contributed by atoms with van der Waals surface area (Å²) < 4.78 is 1.44. The Morgan fingerprint density at radius 3 is 2.16 bits per heavy atom. The number of nitrogens with one attached hydrogen (secondary N) is 1. The number of hydrogen-bond acceptors (Lipinski definition) is 6. The zero-order valence-electron chi connectivity index (χ0n) is 13.1. The van der Waals surface area contributed by atoms with Crippen LogP contribution in [0.5, 0.6) is 0 Å². The second-order valence-electron chi connectivity index (χ2n) is 5.22. The van der Waals surface area contributed by atoms with E-state index in [1.54, 1.807) is 31.2 Å². The SMILES string of the molecule is Cc1nn(-c2ccccc2)c(Nc2ccc([N+](=O)[O-])cc2)c1[N+](=O)[O-]. The monoisotopic (exact) mass is 339 g/mol. The minimum Gasteiger partial charge on any atom is -0.334 e. The van der Waals surface area contributed by atoms with Crippen LogP contribution in [-0.4, -0.2) is 19.6 Å². The summed E-state index contributed by atoms with van der Waals surface area (Å²) in [6, 6.07) is 14.6. The van der Waals surface area contributed by atoms with Crippen LogP contribution in [0.3, 0.4) is 0 Å². The molecule has 0 radical (unpaired) electrons. The van der Waals surface area contributed by atoms with Gasteiger partial charge < -0.3 is 5.32 Å². The van der Waals surface area contributed by atoms with E-state index in [2.05, 4.69) is 10.4 Å². The summed E-state index contributed by atoms with van der Waals surface area (Å²) in [5.74, 6) is 0.183. The quantitative estimate of drug-likeness (QED) is 0.559. The molecular weight excluding hydrogens is 326 g/mol. The molecule has 0 aliphatic rings. The van der Waals surface area contributed by atoms with Gasteiger partial charge in [-0.2, -0.15) is 5.10 Å². The Morgan fingerprint density at radius 1 is 0.960 bits per heavy atom. The molecule has 3 aromatic rings. The maximum atomic E-state index is 11.4. The maximum absolute atomic E-state index is 11.4. The van der Waals surface area contributed by atoms with Gasteiger partial charge in [-0.15, -0.1) is 0 Å². The molecule has 0 amide bonds. The molecule has 1 heterocycles. The molecule has 0 aliphatic carbocycles. The van der Waals surface area contributed by atoms with Gasteiger partial charge in [-0.25, -0.2) is 4.68 Å². The van der Waals surface area contributed by atoms with E-state index in [4.69, 9.17) is 0 Å². The van der Waals surface area contributed by atoms with Crippen molar-refractivity contribution in [2.45, 2.75) is 6.92 Å². The fourth-order valence-electron chi connectivity index (χ4n) is 2.41. The van der Waals surface area contributed by atoms with Gasteiger partial charge in [-0.3, -0.25) is 20.2 Å². The number of nitro groups is 2. The molecule has 1 aromatic heterocycles. The van der Waals surface area contributed by atoms with Crippen LogP contribution < -0.4 is 5.32 Å². The van der Waals surface area contributed by atoms with Crippen LogP contribution in [-0.2, 0) is 0 Å². The molecule has 0 fully saturated rings. The Kier molecular flexibility index (Phi) is 4.12. The average molecular weight is 339 g/mol. The zero-order chi connectivity index (χ0) is 18.0. The zero-order valence-corrected chi connectivity index (χ0v) is 13.1. The van der Waals surface area contributed by atoms with Gasteiger partial charge >= 0.3 is 5.69 Å². The number of nitrogens with zero attached hydrogens (tertiary/aromatic N) is 4. The third kappa shape index (κ3) is 3.15. The normalized spacial score (nSPS) is 10.4. The van der Waals surface area contributed by atoms with E-state index in [0.717, 1.165) is 0 Å². The van der Waals surface area contributed by atoms with Crippen molar-refractivity contribution < 1.29 is 9.85 Å². The highest BCUT2D eigenvalue weighted by Gasteiger charge is 2.26.